The number of rotatable bonds is 3. The molecule has 0 saturated heterocycles. The molecule has 1 aromatic rings. The second-order valence-corrected chi connectivity index (χ2v) is 5.79. The van der Waals surface area contributed by atoms with Crippen molar-refractivity contribution in [1.82, 2.24) is 14.6 Å². The molecule has 0 amide bonds. The van der Waals surface area contributed by atoms with Gasteiger partial charge in [0.2, 0.25) is 0 Å². The molecule has 1 aliphatic carbocycles. The maximum Gasteiger partial charge on any atom is 0.258 e. The van der Waals surface area contributed by atoms with Gasteiger partial charge in [0.25, 0.3) is 10.0 Å². The van der Waals surface area contributed by atoms with Crippen LogP contribution in [0.2, 0.25) is 0 Å². The van der Waals surface area contributed by atoms with Crippen molar-refractivity contribution in [3.8, 4) is 0 Å². The highest BCUT2D eigenvalue weighted by atomic mass is 32.2. The minimum atomic E-state index is -3.39. The van der Waals surface area contributed by atoms with Crippen LogP contribution in [-0.2, 0) is 16.6 Å². The van der Waals surface area contributed by atoms with E-state index in [9.17, 15) is 8.42 Å². The van der Waals surface area contributed by atoms with Crippen LogP contribution in [0.1, 0.15) is 18.5 Å². The van der Waals surface area contributed by atoms with E-state index in [1.165, 1.54) is 0 Å². The SMILES string of the molecule is O=S(=O)(NC1CC1)C1=CNCc2cccn21. The van der Waals surface area contributed by atoms with E-state index in [1.54, 1.807) is 17.0 Å². The van der Waals surface area contributed by atoms with Gasteiger partial charge in [-0.1, -0.05) is 0 Å². The molecule has 16 heavy (non-hydrogen) atoms. The van der Waals surface area contributed by atoms with Gasteiger partial charge in [0, 0.05) is 24.1 Å². The van der Waals surface area contributed by atoms with Gasteiger partial charge in [0.15, 0.2) is 5.03 Å². The summed E-state index contributed by atoms with van der Waals surface area (Å²) in [6.07, 6.45) is 5.21. The molecule has 2 N–H and O–H groups in total. The van der Waals surface area contributed by atoms with Gasteiger partial charge >= 0.3 is 0 Å². The topological polar surface area (TPSA) is 63.1 Å². The van der Waals surface area contributed by atoms with E-state index in [0.29, 0.717) is 6.54 Å². The summed E-state index contributed by atoms with van der Waals surface area (Å²) in [7, 11) is -3.39. The highest BCUT2D eigenvalue weighted by Crippen LogP contribution is 2.25. The first-order chi connectivity index (χ1) is 7.67. The van der Waals surface area contributed by atoms with Gasteiger partial charge in [-0.25, -0.2) is 13.1 Å². The van der Waals surface area contributed by atoms with Crippen molar-refractivity contribution in [1.29, 1.82) is 0 Å². The minimum absolute atomic E-state index is 0.131. The molecule has 0 aromatic carbocycles. The number of hydrogen-bond donors (Lipinski definition) is 2. The first kappa shape index (κ1) is 9.92. The van der Waals surface area contributed by atoms with Crippen LogP contribution in [0, 0.1) is 0 Å². The van der Waals surface area contributed by atoms with E-state index < -0.39 is 10.0 Å². The number of nitrogens with zero attached hydrogens (tertiary/aromatic N) is 1. The van der Waals surface area contributed by atoms with E-state index in [1.807, 2.05) is 12.1 Å². The van der Waals surface area contributed by atoms with E-state index >= 15 is 0 Å². The van der Waals surface area contributed by atoms with Gasteiger partial charge in [-0.15, -0.1) is 0 Å². The fourth-order valence-corrected chi connectivity index (χ4v) is 3.25. The lowest BCUT2D eigenvalue weighted by molar-refractivity contribution is 0.588. The molecule has 5 nitrogen and oxygen atoms in total. The molecule has 6 heteroatoms. The zero-order valence-electron chi connectivity index (χ0n) is 8.68. The molecule has 0 bridgehead atoms. The third-order valence-electron chi connectivity index (χ3n) is 2.75. The van der Waals surface area contributed by atoms with E-state index in [4.69, 9.17) is 0 Å². The van der Waals surface area contributed by atoms with Crippen molar-refractivity contribution in [3.05, 3.63) is 30.2 Å². The molecule has 0 radical (unpaired) electrons. The lowest BCUT2D eigenvalue weighted by Gasteiger charge is -2.19. The average molecular weight is 239 g/mol. The summed E-state index contributed by atoms with van der Waals surface area (Å²) in [5.74, 6) is 0. The van der Waals surface area contributed by atoms with Crippen LogP contribution in [-0.4, -0.2) is 19.0 Å². The second kappa shape index (κ2) is 3.36. The van der Waals surface area contributed by atoms with Gasteiger partial charge in [0.05, 0.1) is 6.54 Å². The summed E-state index contributed by atoms with van der Waals surface area (Å²) in [6, 6.07) is 3.89. The first-order valence-corrected chi connectivity index (χ1v) is 6.78. The zero-order valence-corrected chi connectivity index (χ0v) is 9.50. The van der Waals surface area contributed by atoms with Crippen LogP contribution in [0.3, 0.4) is 0 Å². The lowest BCUT2D eigenvalue weighted by atomic mass is 10.4. The molecule has 3 rings (SSSR count). The number of nitrogens with one attached hydrogen (secondary N) is 2. The molecule has 0 atom stereocenters. The molecule has 1 aromatic heterocycles. The largest absolute Gasteiger partial charge is 0.383 e. The smallest absolute Gasteiger partial charge is 0.258 e. The summed E-state index contributed by atoms with van der Waals surface area (Å²) in [6.45, 7) is 0.662. The maximum atomic E-state index is 12.1. The van der Waals surface area contributed by atoms with Gasteiger partial charge in [-0.05, 0) is 25.0 Å². The van der Waals surface area contributed by atoms with Crippen LogP contribution in [0.4, 0.5) is 0 Å². The van der Waals surface area contributed by atoms with Gasteiger partial charge < -0.3 is 9.88 Å². The van der Waals surface area contributed by atoms with Crippen molar-refractivity contribution in [2.24, 2.45) is 0 Å². The predicted molar refractivity (Wildman–Crippen MR) is 60.6 cm³/mol. The van der Waals surface area contributed by atoms with Gasteiger partial charge in [-0.2, -0.15) is 0 Å². The molecule has 2 aliphatic rings. The van der Waals surface area contributed by atoms with Crippen LogP contribution in [0.5, 0.6) is 0 Å². The lowest BCUT2D eigenvalue weighted by Crippen LogP contribution is -2.31. The molecule has 0 spiro atoms. The van der Waals surface area contributed by atoms with E-state index in [-0.39, 0.29) is 11.1 Å². The number of sulfonamides is 1. The van der Waals surface area contributed by atoms with Crippen molar-refractivity contribution < 1.29 is 8.42 Å². The van der Waals surface area contributed by atoms with Crippen molar-refractivity contribution >= 4 is 15.1 Å². The molecule has 0 unspecified atom stereocenters. The average Bonchev–Trinajstić information content (AvgIpc) is 2.92. The van der Waals surface area contributed by atoms with Crippen LogP contribution in [0.15, 0.2) is 24.5 Å². The van der Waals surface area contributed by atoms with Gasteiger partial charge in [-0.3, -0.25) is 0 Å². The molecule has 1 fully saturated rings. The van der Waals surface area contributed by atoms with Crippen molar-refractivity contribution in [2.45, 2.75) is 25.4 Å². The quantitative estimate of drug-likeness (QED) is 0.804. The van der Waals surface area contributed by atoms with E-state index in [2.05, 4.69) is 10.0 Å². The maximum absolute atomic E-state index is 12.1. The predicted octanol–water partition coefficient (Wildman–Crippen LogP) is 0.429. The first-order valence-electron chi connectivity index (χ1n) is 5.29. The van der Waals surface area contributed by atoms with Crippen molar-refractivity contribution in [2.75, 3.05) is 0 Å². The van der Waals surface area contributed by atoms with Crippen LogP contribution < -0.4 is 10.0 Å². The Morgan fingerprint density at radius 2 is 2.25 bits per heavy atom. The molecule has 86 valence electrons. The molecular weight excluding hydrogens is 226 g/mol. The van der Waals surface area contributed by atoms with Crippen molar-refractivity contribution in [3.63, 3.8) is 0 Å². The zero-order chi connectivity index (χ0) is 11.2. The molecule has 2 heterocycles. The fraction of sp³-hybridized carbons (Fsp3) is 0.400. The Bertz CT molecular complexity index is 540. The van der Waals surface area contributed by atoms with Crippen LogP contribution in [0.25, 0.3) is 5.03 Å². The van der Waals surface area contributed by atoms with E-state index in [0.717, 1.165) is 18.5 Å². The fourth-order valence-electron chi connectivity index (χ4n) is 1.78. The Kier molecular flexibility index (Phi) is 2.08. The third kappa shape index (κ3) is 1.64. The standard InChI is InChI=1S/C10H13N3O2S/c14-16(15,12-8-3-4-8)10-7-11-6-9-2-1-5-13(9)10/h1-2,5,7-8,11-12H,3-4,6H2. The summed E-state index contributed by atoms with van der Waals surface area (Å²) >= 11 is 0. The Balaban J connectivity index is 1.97. The summed E-state index contributed by atoms with van der Waals surface area (Å²) in [5.41, 5.74) is 0.957. The van der Waals surface area contributed by atoms with Crippen LogP contribution >= 0.6 is 0 Å². The third-order valence-corrected chi connectivity index (χ3v) is 4.26. The second-order valence-electron chi connectivity index (χ2n) is 4.13. The normalized spacial score (nSPS) is 19.9. The Labute approximate surface area is 94.2 Å². The molecule has 1 aliphatic heterocycles. The molecular formula is C10H13N3O2S. The summed E-state index contributed by atoms with van der Waals surface area (Å²) < 4.78 is 28.5. The summed E-state index contributed by atoms with van der Waals surface area (Å²) in [5, 5.41) is 3.26. The minimum Gasteiger partial charge on any atom is -0.383 e. The Morgan fingerprint density at radius 1 is 1.44 bits per heavy atom. The highest BCUT2D eigenvalue weighted by Gasteiger charge is 2.31. The number of hydrogen-bond acceptors (Lipinski definition) is 3. The highest BCUT2D eigenvalue weighted by molar-refractivity contribution is 7.98. The molecule has 1 saturated carbocycles. The summed E-state index contributed by atoms with van der Waals surface area (Å²) in [4.78, 5) is 0. The Hall–Kier alpha value is -1.27. The van der Waals surface area contributed by atoms with Gasteiger partial charge in [0.1, 0.15) is 0 Å². The monoisotopic (exact) mass is 239 g/mol. The Morgan fingerprint density at radius 3 is 3.00 bits per heavy atom. The number of fused-ring (bicyclic) bond motifs is 1. The number of aromatic nitrogens is 1.